The predicted molar refractivity (Wildman–Crippen MR) is 43.3 cm³/mol. The SMILES string of the molecule is [CH2]CCCC=CCCC. The first kappa shape index (κ1) is 8.74. The van der Waals surface area contributed by atoms with Crippen LogP contribution in [0.1, 0.15) is 39.0 Å². The summed E-state index contributed by atoms with van der Waals surface area (Å²) in [6, 6.07) is 0. The maximum absolute atomic E-state index is 3.77. The highest BCUT2D eigenvalue weighted by Gasteiger charge is 1.76. The predicted octanol–water partition coefficient (Wildman–Crippen LogP) is 3.35. The zero-order valence-electron chi connectivity index (χ0n) is 6.40. The highest BCUT2D eigenvalue weighted by molar-refractivity contribution is 4.80. The van der Waals surface area contributed by atoms with Crippen LogP contribution < -0.4 is 0 Å². The molecule has 0 atom stereocenters. The van der Waals surface area contributed by atoms with Gasteiger partial charge in [-0.2, -0.15) is 0 Å². The van der Waals surface area contributed by atoms with Gasteiger partial charge in [0.15, 0.2) is 0 Å². The van der Waals surface area contributed by atoms with Gasteiger partial charge in [-0.1, -0.05) is 38.8 Å². The van der Waals surface area contributed by atoms with Gasteiger partial charge in [0, 0.05) is 0 Å². The largest absolute Gasteiger partial charge is 0.0885 e. The summed E-state index contributed by atoms with van der Waals surface area (Å²) in [6.45, 7) is 5.97. The quantitative estimate of drug-likeness (QED) is 0.390. The van der Waals surface area contributed by atoms with Gasteiger partial charge in [-0.25, -0.2) is 0 Å². The van der Waals surface area contributed by atoms with E-state index in [4.69, 9.17) is 0 Å². The minimum absolute atomic E-state index is 1.07. The fourth-order valence-corrected chi connectivity index (χ4v) is 0.665. The van der Waals surface area contributed by atoms with Crippen molar-refractivity contribution in [3.8, 4) is 0 Å². The van der Waals surface area contributed by atoms with E-state index in [1.54, 1.807) is 0 Å². The van der Waals surface area contributed by atoms with E-state index < -0.39 is 0 Å². The maximum atomic E-state index is 3.77. The fraction of sp³-hybridized carbons (Fsp3) is 0.667. The molecule has 1 radical (unpaired) electrons. The Morgan fingerprint density at radius 2 is 1.89 bits per heavy atom. The Kier molecular flexibility index (Phi) is 7.52. The van der Waals surface area contributed by atoms with Gasteiger partial charge in [-0.15, -0.1) is 0 Å². The van der Waals surface area contributed by atoms with Gasteiger partial charge in [0.05, 0.1) is 0 Å². The van der Waals surface area contributed by atoms with Crippen molar-refractivity contribution in [3.63, 3.8) is 0 Å². The number of rotatable bonds is 5. The molecule has 53 valence electrons. The molecule has 0 saturated carbocycles. The third-order valence-electron chi connectivity index (χ3n) is 1.24. The van der Waals surface area contributed by atoms with E-state index in [0.717, 1.165) is 6.42 Å². The molecular weight excluding hydrogens is 108 g/mol. The second kappa shape index (κ2) is 7.74. The van der Waals surface area contributed by atoms with Crippen LogP contribution in [0.3, 0.4) is 0 Å². The summed E-state index contributed by atoms with van der Waals surface area (Å²) in [5.74, 6) is 0. The summed E-state index contributed by atoms with van der Waals surface area (Å²) in [4.78, 5) is 0. The average molecular weight is 125 g/mol. The second-order valence-corrected chi connectivity index (χ2v) is 2.26. The Morgan fingerprint density at radius 3 is 2.44 bits per heavy atom. The molecule has 0 unspecified atom stereocenters. The lowest BCUT2D eigenvalue weighted by Gasteiger charge is -1.87. The van der Waals surface area contributed by atoms with E-state index >= 15 is 0 Å². The summed E-state index contributed by atoms with van der Waals surface area (Å²) >= 11 is 0. The molecule has 0 aliphatic rings. The van der Waals surface area contributed by atoms with Crippen molar-refractivity contribution in [2.75, 3.05) is 0 Å². The molecule has 0 fully saturated rings. The van der Waals surface area contributed by atoms with Crippen LogP contribution in [0.5, 0.6) is 0 Å². The van der Waals surface area contributed by atoms with Crippen molar-refractivity contribution in [2.45, 2.75) is 39.0 Å². The van der Waals surface area contributed by atoms with Crippen LogP contribution >= 0.6 is 0 Å². The van der Waals surface area contributed by atoms with Gasteiger partial charge in [-0.05, 0) is 19.3 Å². The molecular formula is C9H17. The highest BCUT2D eigenvalue weighted by Crippen LogP contribution is 1.96. The average Bonchev–Trinajstić information content (AvgIpc) is 1.89. The Bertz CT molecular complexity index is 62.4. The summed E-state index contributed by atoms with van der Waals surface area (Å²) < 4.78 is 0. The molecule has 0 nitrogen and oxygen atoms in total. The molecule has 0 aromatic rings. The smallest absolute Gasteiger partial charge is 0.0351 e. The zero-order chi connectivity index (χ0) is 6.95. The molecule has 0 rings (SSSR count). The molecule has 0 spiro atoms. The van der Waals surface area contributed by atoms with E-state index in [-0.39, 0.29) is 0 Å². The molecule has 0 aliphatic carbocycles. The number of allylic oxidation sites excluding steroid dienone is 2. The Hall–Kier alpha value is -0.260. The molecule has 0 saturated heterocycles. The third kappa shape index (κ3) is 7.74. The molecule has 0 heterocycles. The summed E-state index contributed by atoms with van der Waals surface area (Å²) in [7, 11) is 0. The zero-order valence-corrected chi connectivity index (χ0v) is 6.40. The minimum atomic E-state index is 1.07. The first-order chi connectivity index (χ1) is 4.41. The number of unbranched alkanes of at least 4 members (excludes halogenated alkanes) is 3. The van der Waals surface area contributed by atoms with Gasteiger partial charge < -0.3 is 0 Å². The van der Waals surface area contributed by atoms with Gasteiger partial charge in [-0.3, -0.25) is 0 Å². The number of hydrogen-bond donors (Lipinski definition) is 0. The molecule has 0 heteroatoms. The van der Waals surface area contributed by atoms with Crippen LogP contribution in [0.4, 0.5) is 0 Å². The van der Waals surface area contributed by atoms with Crippen molar-refractivity contribution in [1.82, 2.24) is 0 Å². The van der Waals surface area contributed by atoms with Gasteiger partial charge in [0.25, 0.3) is 0 Å². The minimum Gasteiger partial charge on any atom is -0.0885 e. The van der Waals surface area contributed by atoms with Gasteiger partial charge in [0.2, 0.25) is 0 Å². The topological polar surface area (TPSA) is 0 Å². The summed E-state index contributed by atoms with van der Waals surface area (Å²) in [6.07, 6.45) is 10.5. The Morgan fingerprint density at radius 1 is 1.22 bits per heavy atom. The van der Waals surface area contributed by atoms with Crippen LogP contribution in [-0.2, 0) is 0 Å². The number of hydrogen-bond acceptors (Lipinski definition) is 0. The van der Waals surface area contributed by atoms with E-state index in [1.165, 1.54) is 25.7 Å². The van der Waals surface area contributed by atoms with Crippen LogP contribution in [0.15, 0.2) is 12.2 Å². The van der Waals surface area contributed by atoms with E-state index in [2.05, 4.69) is 26.0 Å². The Balaban J connectivity index is 2.86. The van der Waals surface area contributed by atoms with Crippen LogP contribution in [0, 0.1) is 6.92 Å². The molecule has 0 N–H and O–H groups in total. The van der Waals surface area contributed by atoms with Crippen LogP contribution in [0.2, 0.25) is 0 Å². The maximum Gasteiger partial charge on any atom is -0.0351 e. The molecule has 0 aromatic heterocycles. The van der Waals surface area contributed by atoms with Crippen molar-refractivity contribution >= 4 is 0 Å². The standard InChI is InChI=1S/C9H17/c1-3-5-7-9-8-6-4-2/h8-9H,1,3-7H2,2H3. The van der Waals surface area contributed by atoms with Crippen molar-refractivity contribution in [2.24, 2.45) is 0 Å². The van der Waals surface area contributed by atoms with E-state index in [0.29, 0.717) is 0 Å². The van der Waals surface area contributed by atoms with Crippen molar-refractivity contribution in [3.05, 3.63) is 19.1 Å². The molecule has 9 heavy (non-hydrogen) atoms. The monoisotopic (exact) mass is 125 g/mol. The summed E-state index contributed by atoms with van der Waals surface area (Å²) in [5.41, 5.74) is 0. The lowest BCUT2D eigenvalue weighted by molar-refractivity contribution is 0.857. The summed E-state index contributed by atoms with van der Waals surface area (Å²) in [5, 5.41) is 0. The van der Waals surface area contributed by atoms with Gasteiger partial charge in [0.1, 0.15) is 0 Å². The first-order valence-corrected chi connectivity index (χ1v) is 3.86. The normalized spacial score (nSPS) is 10.9. The van der Waals surface area contributed by atoms with Crippen LogP contribution in [0.25, 0.3) is 0 Å². The Labute approximate surface area is 59.0 Å². The van der Waals surface area contributed by atoms with Crippen LogP contribution in [-0.4, -0.2) is 0 Å². The van der Waals surface area contributed by atoms with Crippen molar-refractivity contribution < 1.29 is 0 Å². The van der Waals surface area contributed by atoms with Crippen molar-refractivity contribution in [1.29, 1.82) is 0 Å². The molecule has 0 bridgehead atoms. The fourth-order valence-electron chi connectivity index (χ4n) is 0.665. The third-order valence-corrected chi connectivity index (χ3v) is 1.24. The van der Waals surface area contributed by atoms with E-state index in [9.17, 15) is 0 Å². The van der Waals surface area contributed by atoms with E-state index in [1.807, 2.05) is 0 Å². The highest BCUT2D eigenvalue weighted by atomic mass is 13.8. The molecule has 0 aliphatic heterocycles. The molecule has 0 amide bonds. The first-order valence-electron chi connectivity index (χ1n) is 3.86. The second-order valence-electron chi connectivity index (χ2n) is 2.26. The van der Waals surface area contributed by atoms with Gasteiger partial charge >= 0.3 is 0 Å². The molecule has 0 aromatic carbocycles. The lowest BCUT2D eigenvalue weighted by atomic mass is 10.2. The lowest BCUT2D eigenvalue weighted by Crippen LogP contribution is -1.67.